The zero-order valence-electron chi connectivity index (χ0n) is 6.20. The maximum Gasteiger partial charge on any atom is 0.209 e. The predicted molar refractivity (Wildman–Crippen MR) is 57.2 cm³/mol. The molecule has 0 aliphatic rings. The van der Waals surface area contributed by atoms with Gasteiger partial charge in [-0.3, -0.25) is 4.79 Å². The van der Waals surface area contributed by atoms with Crippen molar-refractivity contribution < 1.29 is 4.79 Å². The molecule has 1 nitrogen and oxygen atoms in total. The van der Waals surface area contributed by atoms with Crippen molar-refractivity contribution in [2.45, 2.75) is 0 Å². The number of thiol groups is 1. The standard InChI is InChI=1S/C9H7BrOS/c10-8-4-1-7(2-5-8)3-6-9(11)12/h1-6H,(H,11,12). The third-order valence-corrected chi connectivity index (χ3v) is 1.97. The second-order valence-corrected chi connectivity index (χ2v) is 3.58. The van der Waals surface area contributed by atoms with Crippen LogP contribution in [-0.4, -0.2) is 5.12 Å². The molecule has 0 atom stereocenters. The molecule has 0 saturated heterocycles. The first kappa shape index (κ1) is 9.55. The summed E-state index contributed by atoms with van der Waals surface area (Å²) in [7, 11) is 0. The van der Waals surface area contributed by atoms with E-state index in [9.17, 15) is 4.79 Å². The van der Waals surface area contributed by atoms with Crippen LogP contribution in [0, 0.1) is 0 Å². The van der Waals surface area contributed by atoms with Crippen LogP contribution in [0.5, 0.6) is 0 Å². The molecule has 0 amide bonds. The van der Waals surface area contributed by atoms with Crippen LogP contribution in [0.3, 0.4) is 0 Å². The van der Waals surface area contributed by atoms with E-state index in [1.54, 1.807) is 6.08 Å². The second-order valence-electron chi connectivity index (χ2n) is 2.22. The lowest BCUT2D eigenvalue weighted by Crippen LogP contribution is -1.76. The fraction of sp³-hybridized carbons (Fsp3) is 0. The van der Waals surface area contributed by atoms with Crippen LogP contribution in [0.1, 0.15) is 5.56 Å². The van der Waals surface area contributed by atoms with Crippen LogP contribution in [0.4, 0.5) is 0 Å². The zero-order chi connectivity index (χ0) is 8.97. The SMILES string of the molecule is O=C(S)C=Cc1ccc(Br)cc1. The maximum atomic E-state index is 10.5. The largest absolute Gasteiger partial charge is 0.283 e. The Morgan fingerprint density at radius 2 is 1.92 bits per heavy atom. The van der Waals surface area contributed by atoms with Crippen molar-refractivity contribution in [3.05, 3.63) is 40.4 Å². The molecule has 0 fully saturated rings. The number of carbonyl (C=O) groups is 1. The van der Waals surface area contributed by atoms with E-state index in [1.807, 2.05) is 24.3 Å². The molecule has 0 saturated carbocycles. The van der Waals surface area contributed by atoms with Crippen molar-refractivity contribution in [2.24, 2.45) is 0 Å². The average molecular weight is 243 g/mol. The summed E-state index contributed by atoms with van der Waals surface area (Å²) in [4.78, 5) is 10.5. The van der Waals surface area contributed by atoms with Gasteiger partial charge >= 0.3 is 0 Å². The van der Waals surface area contributed by atoms with E-state index in [0.717, 1.165) is 10.0 Å². The van der Waals surface area contributed by atoms with Gasteiger partial charge in [-0.2, -0.15) is 0 Å². The summed E-state index contributed by atoms with van der Waals surface area (Å²) in [5.74, 6) is 0. The highest BCUT2D eigenvalue weighted by Gasteiger charge is 1.88. The third-order valence-electron chi connectivity index (χ3n) is 1.29. The Morgan fingerprint density at radius 1 is 1.33 bits per heavy atom. The van der Waals surface area contributed by atoms with Crippen molar-refractivity contribution in [3.63, 3.8) is 0 Å². The van der Waals surface area contributed by atoms with Crippen molar-refractivity contribution in [1.29, 1.82) is 0 Å². The Bertz CT molecular complexity index is 303. The van der Waals surface area contributed by atoms with E-state index in [4.69, 9.17) is 0 Å². The Morgan fingerprint density at radius 3 is 2.42 bits per heavy atom. The van der Waals surface area contributed by atoms with Crippen LogP contribution in [0.2, 0.25) is 0 Å². The van der Waals surface area contributed by atoms with Crippen molar-refractivity contribution in [3.8, 4) is 0 Å². The molecule has 1 aromatic carbocycles. The quantitative estimate of drug-likeness (QED) is 0.624. The van der Waals surface area contributed by atoms with Crippen molar-refractivity contribution >= 4 is 39.8 Å². The first-order valence-corrected chi connectivity index (χ1v) is 4.59. The smallest absolute Gasteiger partial charge is 0.209 e. The number of benzene rings is 1. The van der Waals surface area contributed by atoms with E-state index >= 15 is 0 Å². The second kappa shape index (κ2) is 4.48. The number of halogens is 1. The van der Waals surface area contributed by atoms with E-state index in [0.29, 0.717) is 0 Å². The number of hydrogen-bond acceptors (Lipinski definition) is 1. The molecule has 0 spiro atoms. The summed E-state index contributed by atoms with van der Waals surface area (Å²) >= 11 is 6.93. The molecular weight excluding hydrogens is 236 g/mol. The molecule has 0 unspecified atom stereocenters. The van der Waals surface area contributed by atoms with E-state index < -0.39 is 0 Å². The zero-order valence-corrected chi connectivity index (χ0v) is 8.68. The number of carbonyl (C=O) groups excluding carboxylic acids is 1. The lowest BCUT2D eigenvalue weighted by molar-refractivity contribution is -0.106. The van der Waals surface area contributed by atoms with Gasteiger partial charge in [-0.1, -0.05) is 34.1 Å². The van der Waals surface area contributed by atoms with Crippen LogP contribution < -0.4 is 0 Å². The fourth-order valence-electron chi connectivity index (χ4n) is 0.741. The lowest BCUT2D eigenvalue weighted by Gasteiger charge is -1.91. The molecule has 12 heavy (non-hydrogen) atoms. The molecule has 3 heteroatoms. The van der Waals surface area contributed by atoms with Crippen LogP contribution in [0.25, 0.3) is 6.08 Å². The molecule has 0 aromatic heterocycles. The number of hydrogen-bond donors (Lipinski definition) is 1. The Hall–Kier alpha value is -0.540. The van der Waals surface area contributed by atoms with Gasteiger partial charge in [0.1, 0.15) is 0 Å². The highest BCUT2D eigenvalue weighted by Crippen LogP contribution is 2.11. The summed E-state index contributed by atoms with van der Waals surface area (Å²) in [6.45, 7) is 0. The minimum atomic E-state index is -0.238. The van der Waals surface area contributed by atoms with Gasteiger partial charge in [-0.05, 0) is 23.8 Å². The highest BCUT2D eigenvalue weighted by atomic mass is 79.9. The minimum Gasteiger partial charge on any atom is -0.283 e. The van der Waals surface area contributed by atoms with Gasteiger partial charge in [0.25, 0.3) is 0 Å². The Balaban J connectivity index is 2.77. The normalized spacial score (nSPS) is 10.5. The number of rotatable bonds is 2. The Kier molecular flexibility index (Phi) is 3.56. The van der Waals surface area contributed by atoms with E-state index in [2.05, 4.69) is 28.6 Å². The molecule has 62 valence electrons. The highest BCUT2D eigenvalue weighted by molar-refractivity contribution is 9.10. The van der Waals surface area contributed by atoms with Crippen molar-refractivity contribution in [1.82, 2.24) is 0 Å². The summed E-state index contributed by atoms with van der Waals surface area (Å²) in [5, 5.41) is -0.238. The lowest BCUT2D eigenvalue weighted by atomic mass is 10.2. The van der Waals surface area contributed by atoms with Gasteiger partial charge in [-0.15, -0.1) is 12.6 Å². The maximum absolute atomic E-state index is 10.5. The molecular formula is C9H7BrOS. The van der Waals surface area contributed by atoms with Crippen LogP contribution in [0.15, 0.2) is 34.8 Å². The summed E-state index contributed by atoms with van der Waals surface area (Å²) in [5.41, 5.74) is 0.987. The molecule has 0 N–H and O–H groups in total. The molecule has 1 aromatic rings. The molecule has 0 heterocycles. The fourth-order valence-corrected chi connectivity index (χ4v) is 1.08. The topological polar surface area (TPSA) is 17.1 Å². The summed E-state index contributed by atoms with van der Waals surface area (Å²) < 4.78 is 1.02. The van der Waals surface area contributed by atoms with Gasteiger partial charge in [-0.25, -0.2) is 0 Å². The average Bonchev–Trinajstić information content (AvgIpc) is 2.03. The van der Waals surface area contributed by atoms with Gasteiger partial charge in [0, 0.05) is 4.47 Å². The van der Waals surface area contributed by atoms with Crippen LogP contribution in [-0.2, 0) is 4.79 Å². The van der Waals surface area contributed by atoms with Crippen LogP contribution >= 0.6 is 28.6 Å². The van der Waals surface area contributed by atoms with Gasteiger partial charge in [0.15, 0.2) is 0 Å². The van der Waals surface area contributed by atoms with E-state index in [1.165, 1.54) is 6.08 Å². The molecule has 1 rings (SSSR count). The van der Waals surface area contributed by atoms with Gasteiger partial charge < -0.3 is 0 Å². The molecule has 0 aliphatic heterocycles. The third kappa shape index (κ3) is 3.24. The minimum absolute atomic E-state index is 0.238. The summed E-state index contributed by atoms with van der Waals surface area (Å²) in [6, 6.07) is 7.67. The molecule has 0 radical (unpaired) electrons. The summed E-state index contributed by atoms with van der Waals surface area (Å²) in [6.07, 6.45) is 3.15. The van der Waals surface area contributed by atoms with Gasteiger partial charge in [0.05, 0.1) is 0 Å². The van der Waals surface area contributed by atoms with Crippen molar-refractivity contribution in [2.75, 3.05) is 0 Å². The van der Waals surface area contributed by atoms with E-state index in [-0.39, 0.29) is 5.12 Å². The first-order chi connectivity index (χ1) is 5.68. The Labute approximate surface area is 85.0 Å². The molecule has 0 aliphatic carbocycles. The monoisotopic (exact) mass is 242 g/mol. The predicted octanol–water partition coefficient (Wildman–Crippen LogP) is 2.92. The molecule has 0 bridgehead atoms. The van der Waals surface area contributed by atoms with Gasteiger partial charge in [0.2, 0.25) is 5.12 Å². The first-order valence-electron chi connectivity index (χ1n) is 3.35.